The van der Waals surface area contributed by atoms with Gasteiger partial charge in [-0.1, -0.05) is 13.8 Å². The Labute approximate surface area is 151 Å². The summed E-state index contributed by atoms with van der Waals surface area (Å²) in [5.41, 5.74) is 1.24. The number of carbonyl (C=O) groups excluding carboxylic acids is 1. The topological polar surface area (TPSA) is 86.9 Å². The second-order valence-corrected chi connectivity index (χ2v) is 9.64. The SMILES string of the molecule is CC1(C)CCc2sc(C(=O)N3CC4CN(N)CC4C3)c(C(=O)O)c2C1. The molecular formula is C18H25N3O3S. The average molecular weight is 363 g/mol. The lowest BCUT2D eigenvalue weighted by atomic mass is 9.76. The van der Waals surface area contributed by atoms with E-state index in [1.807, 2.05) is 9.91 Å². The Bertz CT molecular complexity index is 728. The fourth-order valence-corrected chi connectivity index (χ4v) is 5.91. The van der Waals surface area contributed by atoms with E-state index in [9.17, 15) is 14.7 Å². The van der Waals surface area contributed by atoms with E-state index in [1.165, 1.54) is 11.3 Å². The first kappa shape index (κ1) is 17.0. The lowest BCUT2D eigenvalue weighted by Gasteiger charge is -2.29. The smallest absolute Gasteiger partial charge is 0.337 e. The summed E-state index contributed by atoms with van der Waals surface area (Å²) in [6.45, 7) is 7.33. The first-order valence-electron chi connectivity index (χ1n) is 8.92. The molecule has 0 aromatic carbocycles. The number of aryl methyl sites for hydroxylation is 1. The van der Waals surface area contributed by atoms with E-state index in [0.29, 0.717) is 29.8 Å². The summed E-state index contributed by atoms with van der Waals surface area (Å²) < 4.78 is 0. The summed E-state index contributed by atoms with van der Waals surface area (Å²) in [5, 5.41) is 11.6. The van der Waals surface area contributed by atoms with Crippen molar-refractivity contribution in [3.8, 4) is 0 Å². The molecule has 1 amide bonds. The number of carboxylic acid groups (broad SMARTS) is 1. The minimum Gasteiger partial charge on any atom is -0.478 e. The highest BCUT2D eigenvalue weighted by Crippen LogP contribution is 2.42. The van der Waals surface area contributed by atoms with Crippen molar-refractivity contribution in [2.75, 3.05) is 26.2 Å². The molecule has 1 aliphatic carbocycles. The monoisotopic (exact) mass is 363 g/mol. The van der Waals surface area contributed by atoms with Crippen LogP contribution in [-0.2, 0) is 12.8 Å². The number of rotatable bonds is 2. The van der Waals surface area contributed by atoms with Gasteiger partial charge in [0, 0.05) is 31.1 Å². The first-order valence-corrected chi connectivity index (χ1v) is 9.73. The molecule has 2 fully saturated rings. The molecule has 7 heteroatoms. The number of carboxylic acids is 1. The Morgan fingerprint density at radius 2 is 1.84 bits per heavy atom. The normalized spacial score (nSPS) is 28.0. The molecule has 1 aromatic rings. The van der Waals surface area contributed by atoms with Crippen molar-refractivity contribution in [2.24, 2.45) is 23.1 Å². The third-order valence-electron chi connectivity index (χ3n) is 5.98. The van der Waals surface area contributed by atoms with Crippen LogP contribution in [0.15, 0.2) is 0 Å². The van der Waals surface area contributed by atoms with Crippen molar-refractivity contribution in [3.63, 3.8) is 0 Å². The largest absolute Gasteiger partial charge is 0.478 e. The summed E-state index contributed by atoms with van der Waals surface area (Å²) in [7, 11) is 0. The molecular weight excluding hydrogens is 338 g/mol. The Kier molecular flexibility index (Phi) is 3.94. The number of aromatic carboxylic acids is 1. The second kappa shape index (κ2) is 5.79. The number of nitrogens with two attached hydrogens (primary N) is 1. The van der Waals surface area contributed by atoms with Crippen LogP contribution in [0.5, 0.6) is 0 Å². The van der Waals surface area contributed by atoms with Crippen LogP contribution >= 0.6 is 11.3 Å². The number of hydrogen-bond acceptors (Lipinski definition) is 5. The number of fused-ring (bicyclic) bond motifs is 2. The molecule has 0 bridgehead atoms. The quantitative estimate of drug-likeness (QED) is 0.783. The van der Waals surface area contributed by atoms with Gasteiger partial charge in [0.1, 0.15) is 4.88 Å². The highest BCUT2D eigenvalue weighted by atomic mass is 32.1. The van der Waals surface area contributed by atoms with Crippen molar-refractivity contribution < 1.29 is 14.7 Å². The zero-order valence-corrected chi connectivity index (χ0v) is 15.6. The average Bonchev–Trinajstić information content (AvgIpc) is 3.15. The molecule has 3 heterocycles. The van der Waals surface area contributed by atoms with E-state index in [0.717, 1.165) is 42.8 Å². The van der Waals surface area contributed by atoms with E-state index in [-0.39, 0.29) is 16.9 Å². The van der Waals surface area contributed by atoms with Gasteiger partial charge in [-0.2, -0.15) is 0 Å². The Morgan fingerprint density at radius 1 is 1.20 bits per heavy atom. The van der Waals surface area contributed by atoms with Crippen molar-refractivity contribution >= 4 is 23.2 Å². The van der Waals surface area contributed by atoms with Crippen molar-refractivity contribution in [2.45, 2.75) is 33.1 Å². The molecule has 0 saturated carbocycles. The summed E-state index contributed by atoms with van der Waals surface area (Å²) in [6, 6.07) is 0. The minimum atomic E-state index is -0.967. The number of hydrazine groups is 1. The second-order valence-electron chi connectivity index (χ2n) is 8.54. The molecule has 2 aliphatic heterocycles. The minimum absolute atomic E-state index is 0.0911. The van der Waals surface area contributed by atoms with Crippen LogP contribution in [0.25, 0.3) is 0 Å². The number of likely N-dealkylation sites (tertiary alicyclic amines) is 1. The van der Waals surface area contributed by atoms with Crippen molar-refractivity contribution in [3.05, 3.63) is 20.9 Å². The van der Waals surface area contributed by atoms with Gasteiger partial charge in [0.15, 0.2) is 0 Å². The van der Waals surface area contributed by atoms with Crippen LogP contribution in [0.2, 0.25) is 0 Å². The number of hydrogen-bond donors (Lipinski definition) is 2. The Balaban J connectivity index is 1.64. The molecule has 2 atom stereocenters. The van der Waals surface area contributed by atoms with Gasteiger partial charge in [-0.25, -0.2) is 9.80 Å². The molecule has 4 rings (SSSR count). The third kappa shape index (κ3) is 2.88. The van der Waals surface area contributed by atoms with Crippen molar-refractivity contribution in [1.29, 1.82) is 0 Å². The van der Waals surface area contributed by atoms with Gasteiger partial charge in [-0.3, -0.25) is 10.6 Å². The number of nitrogens with zero attached hydrogens (tertiary/aromatic N) is 2. The van der Waals surface area contributed by atoms with Crippen LogP contribution in [0.1, 0.15) is 50.7 Å². The molecule has 6 nitrogen and oxygen atoms in total. The molecule has 2 saturated heterocycles. The van der Waals surface area contributed by atoms with E-state index < -0.39 is 5.97 Å². The number of thiophene rings is 1. The molecule has 25 heavy (non-hydrogen) atoms. The van der Waals surface area contributed by atoms with Crippen LogP contribution in [0, 0.1) is 17.3 Å². The molecule has 2 unspecified atom stereocenters. The number of amides is 1. The maximum atomic E-state index is 13.1. The van der Waals surface area contributed by atoms with Gasteiger partial charge < -0.3 is 10.0 Å². The van der Waals surface area contributed by atoms with Gasteiger partial charge in [-0.05, 0) is 42.1 Å². The zero-order valence-electron chi connectivity index (χ0n) is 14.7. The summed E-state index contributed by atoms with van der Waals surface area (Å²) in [4.78, 5) is 28.4. The Morgan fingerprint density at radius 3 is 2.44 bits per heavy atom. The highest BCUT2D eigenvalue weighted by Gasteiger charge is 2.43. The molecule has 136 valence electrons. The van der Waals surface area contributed by atoms with E-state index >= 15 is 0 Å². The van der Waals surface area contributed by atoms with Gasteiger partial charge in [-0.15, -0.1) is 11.3 Å². The van der Waals surface area contributed by atoms with Crippen molar-refractivity contribution in [1.82, 2.24) is 9.91 Å². The van der Waals surface area contributed by atoms with Crippen LogP contribution in [0.3, 0.4) is 0 Å². The summed E-state index contributed by atoms with van der Waals surface area (Å²) in [6.07, 6.45) is 2.64. The van der Waals surface area contributed by atoms with E-state index in [1.54, 1.807) is 0 Å². The summed E-state index contributed by atoms with van der Waals surface area (Å²) >= 11 is 1.41. The molecule has 0 radical (unpaired) electrons. The van der Waals surface area contributed by atoms with Crippen LogP contribution in [-0.4, -0.2) is 53.1 Å². The standard InChI is InChI=1S/C18H25N3O3S/c1-18(2)4-3-13-12(5-18)14(17(23)24)15(25-13)16(22)20-6-10-8-21(19)9-11(10)7-20/h10-11H,3-9,19H2,1-2H3,(H,23,24). The number of carbonyl (C=O) groups is 2. The molecule has 0 spiro atoms. The fraction of sp³-hybridized carbons (Fsp3) is 0.667. The predicted octanol–water partition coefficient (Wildman–Crippen LogP) is 1.84. The van der Waals surface area contributed by atoms with E-state index in [4.69, 9.17) is 5.84 Å². The van der Waals surface area contributed by atoms with Gasteiger partial charge in [0.05, 0.1) is 5.56 Å². The maximum absolute atomic E-state index is 13.1. The van der Waals surface area contributed by atoms with Gasteiger partial charge in [0.2, 0.25) is 0 Å². The molecule has 3 N–H and O–H groups in total. The summed E-state index contributed by atoms with van der Waals surface area (Å²) in [5.74, 6) is 5.62. The first-order chi connectivity index (χ1) is 11.7. The molecule has 1 aromatic heterocycles. The fourth-order valence-electron chi connectivity index (χ4n) is 4.64. The zero-order chi connectivity index (χ0) is 17.9. The van der Waals surface area contributed by atoms with Crippen LogP contribution < -0.4 is 5.84 Å². The molecule has 3 aliphatic rings. The maximum Gasteiger partial charge on any atom is 0.337 e. The Hall–Kier alpha value is -1.44. The van der Waals surface area contributed by atoms with Crippen LogP contribution in [0.4, 0.5) is 0 Å². The highest BCUT2D eigenvalue weighted by molar-refractivity contribution is 7.14. The predicted molar refractivity (Wildman–Crippen MR) is 95.7 cm³/mol. The lowest BCUT2D eigenvalue weighted by Crippen LogP contribution is -2.36. The third-order valence-corrected chi connectivity index (χ3v) is 7.26. The van der Waals surface area contributed by atoms with Gasteiger partial charge >= 0.3 is 5.97 Å². The lowest BCUT2D eigenvalue weighted by molar-refractivity contribution is 0.0679. The van der Waals surface area contributed by atoms with Gasteiger partial charge in [0.25, 0.3) is 5.91 Å². The van der Waals surface area contributed by atoms with E-state index in [2.05, 4.69) is 13.8 Å².